The Morgan fingerprint density at radius 1 is 1.90 bits per heavy atom. The van der Waals surface area contributed by atoms with Crippen LogP contribution >= 0.6 is 11.3 Å². The Balaban J connectivity index is 2.84. The van der Waals surface area contributed by atoms with Crippen LogP contribution in [0.4, 0.5) is 5.13 Å². The summed E-state index contributed by atoms with van der Waals surface area (Å²) in [6, 6.07) is 0. The van der Waals surface area contributed by atoms with Gasteiger partial charge in [-0.05, 0) is 6.92 Å². The minimum absolute atomic E-state index is 0.424. The summed E-state index contributed by atoms with van der Waals surface area (Å²) in [5.41, 5.74) is 0.848. The SMILES string of the molecule is Cc1csc(N(O)C=N)n1. The molecule has 0 radical (unpaired) electrons. The van der Waals surface area contributed by atoms with Gasteiger partial charge in [0.25, 0.3) is 0 Å². The zero-order valence-corrected chi connectivity index (χ0v) is 6.22. The molecule has 0 spiro atoms. The third-order valence-corrected chi connectivity index (χ3v) is 1.87. The Bertz CT molecular complexity index is 235. The number of nitrogens with one attached hydrogen (secondary N) is 1. The average molecular weight is 157 g/mol. The van der Waals surface area contributed by atoms with Crippen LogP contribution in [-0.2, 0) is 0 Å². The van der Waals surface area contributed by atoms with Crippen molar-refractivity contribution < 1.29 is 5.21 Å². The van der Waals surface area contributed by atoms with Crippen LogP contribution in [-0.4, -0.2) is 16.5 Å². The van der Waals surface area contributed by atoms with Crippen LogP contribution in [0.2, 0.25) is 0 Å². The number of hydrogen-bond donors (Lipinski definition) is 2. The number of hydroxylamine groups is 1. The lowest BCUT2D eigenvalue weighted by molar-refractivity contribution is 0.315. The molecule has 0 bridgehead atoms. The lowest BCUT2D eigenvalue weighted by Crippen LogP contribution is -2.13. The standard InChI is InChI=1S/C5H7N3OS/c1-4-2-10-5(7-4)8(9)3-6/h2-3,6,9H,1H3. The highest BCUT2D eigenvalue weighted by Crippen LogP contribution is 2.16. The van der Waals surface area contributed by atoms with Gasteiger partial charge in [-0.2, -0.15) is 5.06 Å². The molecular weight excluding hydrogens is 150 g/mol. The fourth-order valence-electron chi connectivity index (χ4n) is 0.502. The van der Waals surface area contributed by atoms with E-state index in [1.54, 1.807) is 0 Å². The highest BCUT2D eigenvalue weighted by Gasteiger charge is 2.02. The lowest BCUT2D eigenvalue weighted by Gasteiger charge is -2.02. The normalized spacial score (nSPS) is 9.40. The van der Waals surface area contributed by atoms with Crippen molar-refractivity contribution in [1.29, 1.82) is 5.41 Å². The number of aromatic nitrogens is 1. The fraction of sp³-hybridized carbons (Fsp3) is 0.200. The van der Waals surface area contributed by atoms with Gasteiger partial charge in [0.1, 0.15) is 6.34 Å². The molecule has 0 amide bonds. The van der Waals surface area contributed by atoms with Crippen LogP contribution < -0.4 is 5.06 Å². The Labute approximate surface area is 62.2 Å². The molecule has 5 heteroatoms. The van der Waals surface area contributed by atoms with E-state index in [0.717, 1.165) is 12.0 Å². The van der Waals surface area contributed by atoms with Gasteiger partial charge in [-0.1, -0.05) is 0 Å². The topological polar surface area (TPSA) is 60.2 Å². The molecule has 1 aromatic heterocycles. The molecule has 0 aliphatic carbocycles. The van der Waals surface area contributed by atoms with Crippen molar-refractivity contribution in [1.82, 2.24) is 4.98 Å². The Hall–Kier alpha value is -0.940. The van der Waals surface area contributed by atoms with E-state index in [1.165, 1.54) is 11.3 Å². The van der Waals surface area contributed by atoms with Gasteiger partial charge in [0.15, 0.2) is 0 Å². The highest BCUT2D eigenvalue weighted by molar-refractivity contribution is 7.13. The number of anilines is 1. The molecule has 10 heavy (non-hydrogen) atoms. The first kappa shape index (κ1) is 7.17. The van der Waals surface area contributed by atoms with Gasteiger partial charge >= 0.3 is 0 Å². The summed E-state index contributed by atoms with van der Waals surface area (Å²) < 4.78 is 0. The first-order chi connectivity index (χ1) is 4.74. The van der Waals surface area contributed by atoms with Crippen molar-refractivity contribution >= 4 is 22.8 Å². The van der Waals surface area contributed by atoms with E-state index in [1.807, 2.05) is 12.3 Å². The molecule has 2 N–H and O–H groups in total. The van der Waals surface area contributed by atoms with Gasteiger partial charge < -0.3 is 0 Å². The van der Waals surface area contributed by atoms with Crippen LogP contribution in [0.15, 0.2) is 5.38 Å². The minimum Gasteiger partial charge on any atom is -0.289 e. The van der Waals surface area contributed by atoms with Crippen LogP contribution in [0.5, 0.6) is 0 Å². The molecule has 1 heterocycles. The lowest BCUT2D eigenvalue weighted by atomic mass is 10.6. The summed E-state index contributed by atoms with van der Waals surface area (Å²) in [5.74, 6) is 0. The summed E-state index contributed by atoms with van der Waals surface area (Å²) in [6.45, 7) is 1.83. The molecule has 0 unspecified atom stereocenters. The van der Waals surface area contributed by atoms with Crippen molar-refractivity contribution in [3.05, 3.63) is 11.1 Å². The van der Waals surface area contributed by atoms with Crippen molar-refractivity contribution in [2.75, 3.05) is 5.06 Å². The number of rotatable bonds is 2. The van der Waals surface area contributed by atoms with E-state index >= 15 is 0 Å². The molecule has 1 rings (SSSR count). The molecule has 0 atom stereocenters. The van der Waals surface area contributed by atoms with Gasteiger partial charge in [-0.15, -0.1) is 11.3 Å². The van der Waals surface area contributed by atoms with Gasteiger partial charge in [-0.3, -0.25) is 10.6 Å². The maximum absolute atomic E-state index is 8.88. The second-order valence-electron chi connectivity index (χ2n) is 1.75. The van der Waals surface area contributed by atoms with Gasteiger partial charge in [0.2, 0.25) is 5.13 Å². The van der Waals surface area contributed by atoms with E-state index in [9.17, 15) is 0 Å². The van der Waals surface area contributed by atoms with Crippen molar-refractivity contribution in [3.63, 3.8) is 0 Å². The van der Waals surface area contributed by atoms with Gasteiger partial charge in [-0.25, -0.2) is 4.98 Å². The summed E-state index contributed by atoms with van der Waals surface area (Å²) in [6.07, 6.45) is 0.804. The summed E-state index contributed by atoms with van der Waals surface area (Å²) in [4.78, 5) is 3.92. The molecule has 0 fully saturated rings. The van der Waals surface area contributed by atoms with E-state index in [0.29, 0.717) is 10.2 Å². The smallest absolute Gasteiger partial charge is 0.215 e. The van der Waals surface area contributed by atoms with Crippen molar-refractivity contribution in [3.8, 4) is 0 Å². The van der Waals surface area contributed by atoms with E-state index in [4.69, 9.17) is 10.6 Å². The second kappa shape index (κ2) is 2.76. The van der Waals surface area contributed by atoms with Gasteiger partial charge in [0, 0.05) is 5.38 Å². The number of nitrogens with zero attached hydrogens (tertiary/aromatic N) is 2. The summed E-state index contributed by atoms with van der Waals surface area (Å²) in [5, 5.41) is 18.5. The predicted molar refractivity (Wildman–Crippen MR) is 39.9 cm³/mol. The van der Waals surface area contributed by atoms with E-state index in [-0.39, 0.29) is 0 Å². The molecule has 0 aliphatic rings. The Kier molecular flexibility index (Phi) is 1.98. The minimum atomic E-state index is 0.424. The van der Waals surface area contributed by atoms with Crippen LogP contribution in [0.3, 0.4) is 0 Å². The molecule has 0 aromatic carbocycles. The van der Waals surface area contributed by atoms with Crippen molar-refractivity contribution in [2.24, 2.45) is 0 Å². The van der Waals surface area contributed by atoms with Crippen LogP contribution in [0, 0.1) is 12.3 Å². The molecule has 1 aromatic rings. The van der Waals surface area contributed by atoms with E-state index < -0.39 is 0 Å². The number of hydrogen-bond acceptors (Lipinski definition) is 4. The highest BCUT2D eigenvalue weighted by atomic mass is 32.1. The monoisotopic (exact) mass is 157 g/mol. The fourth-order valence-corrected chi connectivity index (χ4v) is 1.19. The third-order valence-electron chi connectivity index (χ3n) is 0.925. The molecule has 0 saturated carbocycles. The Morgan fingerprint density at radius 2 is 2.60 bits per heavy atom. The molecule has 0 aliphatic heterocycles. The molecule has 0 saturated heterocycles. The quantitative estimate of drug-likeness (QED) is 0.386. The zero-order valence-electron chi connectivity index (χ0n) is 5.40. The third kappa shape index (κ3) is 1.31. The van der Waals surface area contributed by atoms with E-state index in [2.05, 4.69) is 4.98 Å². The van der Waals surface area contributed by atoms with Crippen LogP contribution in [0.1, 0.15) is 5.69 Å². The number of thiazole rings is 1. The summed E-state index contributed by atoms with van der Waals surface area (Å²) in [7, 11) is 0. The maximum atomic E-state index is 8.88. The average Bonchev–Trinajstić information content (AvgIpc) is 2.34. The molecule has 4 nitrogen and oxygen atoms in total. The first-order valence-corrected chi connectivity index (χ1v) is 3.53. The Morgan fingerprint density at radius 3 is 3.00 bits per heavy atom. The molecular formula is C5H7N3OS. The van der Waals surface area contributed by atoms with Gasteiger partial charge in [0.05, 0.1) is 5.69 Å². The second-order valence-corrected chi connectivity index (χ2v) is 2.58. The first-order valence-electron chi connectivity index (χ1n) is 2.65. The maximum Gasteiger partial charge on any atom is 0.215 e. The predicted octanol–water partition coefficient (Wildman–Crippen LogP) is 1.25. The number of aryl methyl sites for hydroxylation is 1. The van der Waals surface area contributed by atoms with Crippen molar-refractivity contribution in [2.45, 2.75) is 6.92 Å². The van der Waals surface area contributed by atoms with Crippen LogP contribution in [0.25, 0.3) is 0 Å². The zero-order chi connectivity index (χ0) is 7.56. The summed E-state index contributed by atoms with van der Waals surface area (Å²) >= 11 is 1.30. The largest absolute Gasteiger partial charge is 0.289 e. The molecule has 54 valence electrons.